The van der Waals surface area contributed by atoms with Crippen LogP contribution in [0.15, 0.2) is 66.7 Å². The molecule has 1 atom stereocenters. The van der Waals surface area contributed by atoms with Gasteiger partial charge in [-0.05, 0) is 42.0 Å². The molecule has 0 saturated carbocycles. The highest BCUT2D eigenvalue weighted by Crippen LogP contribution is 2.23. The fraction of sp³-hybridized carbons (Fsp3) is 0.375. The van der Waals surface area contributed by atoms with E-state index in [0.717, 1.165) is 45.6 Å². The Bertz CT molecular complexity index is 803. The number of nitrogens with zero attached hydrogens (tertiary/aromatic N) is 2. The smallest absolute Gasteiger partial charge is 0.234 e. The highest BCUT2D eigenvalue weighted by molar-refractivity contribution is 5.78. The van der Waals surface area contributed by atoms with E-state index in [1.165, 1.54) is 16.8 Å². The number of hydrogen-bond donors (Lipinski definition) is 1. The topological polar surface area (TPSA) is 35.6 Å². The van der Waals surface area contributed by atoms with E-state index in [4.69, 9.17) is 0 Å². The summed E-state index contributed by atoms with van der Waals surface area (Å²) in [7, 11) is 0. The van der Waals surface area contributed by atoms with Gasteiger partial charge in [-0.1, -0.05) is 54.6 Å². The second-order valence-corrected chi connectivity index (χ2v) is 7.82. The molecular weight excluding hydrogens is 346 g/mol. The van der Waals surface area contributed by atoms with E-state index in [1.807, 2.05) is 6.07 Å². The molecule has 0 spiro atoms. The van der Waals surface area contributed by atoms with Gasteiger partial charge in [0.05, 0.1) is 6.54 Å². The number of carbonyl (C=O) groups is 1. The van der Waals surface area contributed by atoms with E-state index in [2.05, 4.69) is 75.8 Å². The molecule has 4 heteroatoms. The maximum atomic E-state index is 12.4. The summed E-state index contributed by atoms with van der Waals surface area (Å²) >= 11 is 0. The van der Waals surface area contributed by atoms with E-state index >= 15 is 0 Å². The average Bonchev–Trinajstić information content (AvgIpc) is 3.23. The number of benzene rings is 2. The number of para-hydroxylation sites is 1. The summed E-state index contributed by atoms with van der Waals surface area (Å²) < 4.78 is 0. The zero-order chi connectivity index (χ0) is 19.2. The summed E-state index contributed by atoms with van der Waals surface area (Å²) in [6, 6.07) is 21.1. The first-order chi connectivity index (χ1) is 13.8. The average molecular weight is 376 g/mol. The molecular formula is C24H29N3O. The Hall–Kier alpha value is -2.59. The molecule has 2 aliphatic rings. The van der Waals surface area contributed by atoms with Crippen molar-refractivity contribution in [2.75, 3.05) is 44.2 Å². The van der Waals surface area contributed by atoms with Gasteiger partial charge in [0.2, 0.25) is 5.91 Å². The lowest BCUT2D eigenvalue weighted by molar-refractivity contribution is -0.122. The van der Waals surface area contributed by atoms with Crippen LogP contribution in [0.5, 0.6) is 0 Å². The van der Waals surface area contributed by atoms with Gasteiger partial charge in [-0.15, -0.1) is 0 Å². The molecule has 2 aromatic rings. The van der Waals surface area contributed by atoms with Crippen molar-refractivity contribution < 1.29 is 4.79 Å². The lowest BCUT2D eigenvalue weighted by Gasteiger charge is -2.26. The summed E-state index contributed by atoms with van der Waals surface area (Å²) in [5.41, 5.74) is 3.98. The van der Waals surface area contributed by atoms with Crippen LogP contribution in [-0.4, -0.2) is 50.1 Å². The molecule has 0 radical (unpaired) electrons. The van der Waals surface area contributed by atoms with Gasteiger partial charge >= 0.3 is 0 Å². The van der Waals surface area contributed by atoms with Crippen molar-refractivity contribution in [1.29, 1.82) is 0 Å². The quantitative estimate of drug-likeness (QED) is 0.840. The molecule has 1 N–H and O–H groups in total. The maximum absolute atomic E-state index is 12.4. The first-order valence-electron chi connectivity index (χ1n) is 10.3. The lowest BCUT2D eigenvalue weighted by atomic mass is 10.00. The molecule has 0 bridgehead atoms. The van der Waals surface area contributed by atoms with Crippen LogP contribution >= 0.6 is 0 Å². The van der Waals surface area contributed by atoms with Gasteiger partial charge in [-0.3, -0.25) is 9.69 Å². The van der Waals surface area contributed by atoms with Crippen molar-refractivity contribution in [2.45, 2.75) is 12.8 Å². The zero-order valence-electron chi connectivity index (χ0n) is 16.4. The van der Waals surface area contributed by atoms with Crippen LogP contribution in [0.3, 0.4) is 0 Å². The molecule has 4 rings (SSSR count). The first kappa shape index (κ1) is 18.8. The third-order valence-corrected chi connectivity index (χ3v) is 5.80. The number of nitrogens with one attached hydrogen (secondary N) is 1. The molecule has 1 unspecified atom stereocenters. The molecule has 28 heavy (non-hydrogen) atoms. The van der Waals surface area contributed by atoms with Gasteiger partial charge in [-0.2, -0.15) is 0 Å². The fourth-order valence-corrected chi connectivity index (χ4v) is 4.16. The highest BCUT2D eigenvalue weighted by Gasteiger charge is 2.23. The van der Waals surface area contributed by atoms with Gasteiger partial charge in [0.15, 0.2) is 0 Å². The SMILES string of the molecule is O=C(CN1CC=C(c2ccccc2)CC1)NCC1CCN(c2ccccc2)C1. The first-order valence-corrected chi connectivity index (χ1v) is 10.3. The zero-order valence-corrected chi connectivity index (χ0v) is 16.4. The van der Waals surface area contributed by atoms with Crippen LogP contribution in [0.1, 0.15) is 18.4 Å². The van der Waals surface area contributed by atoms with Crippen LogP contribution < -0.4 is 10.2 Å². The molecule has 0 aliphatic carbocycles. The fourth-order valence-electron chi connectivity index (χ4n) is 4.16. The van der Waals surface area contributed by atoms with Gasteiger partial charge in [0.25, 0.3) is 0 Å². The molecule has 2 aliphatic heterocycles. The van der Waals surface area contributed by atoms with Crippen LogP contribution in [0.2, 0.25) is 0 Å². The lowest BCUT2D eigenvalue weighted by Crippen LogP contribution is -2.41. The monoisotopic (exact) mass is 375 g/mol. The summed E-state index contributed by atoms with van der Waals surface area (Å²) in [5.74, 6) is 0.685. The Kier molecular flexibility index (Phi) is 6.07. The van der Waals surface area contributed by atoms with Gasteiger partial charge in [-0.25, -0.2) is 0 Å². The standard InChI is InChI=1S/C24H29N3O/c28-24(19-26-14-12-22(13-15-26)21-7-3-1-4-8-21)25-17-20-11-16-27(18-20)23-9-5-2-6-10-23/h1-10,12,20H,11,13-19H2,(H,25,28). The van der Waals surface area contributed by atoms with E-state index in [0.29, 0.717) is 12.5 Å². The molecule has 1 saturated heterocycles. The van der Waals surface area contributed by atoms with E-state index in [1.54, 1.807) is 0 Å². The van der Waals surface area contributed by atoms with E-state index in [-0.39, 0.29) is 5.91 Å². The highest BCUT2D eigenvalue weighted by atomic mass is 16.2. The normalized spacial score (nSPS) is 20.1. The van der Waals surface area contributed by atoms with Crippen LogP contribution in [0, 0.1) is 5.92 Å². The van der Waals surface area contributed by atoms with Crippen LogP contribution in [-0.2, 0) is 4.79 Å². The minimum absolute atomic E-state index is 0.148. The number of anilines is 1. The van der Waals surface area contributed by atoms with E-state index in [9.17, 15) is 4.79 Å². The van der Waals surface area contributed by atoms with Crippen molar-refractivity contribution in [3.8, 4) is 0 Å². The summed E-state index contributed by atoms with van der Waals surface area (Å²) in [6.07, 6.45) is 4.41. The Morgan fingerprint density at radius 2 is 1.75 bits per heavy atom. The Morgan fingerprint density at radius 1 is 1.00 bits per heavy atom. The second kappa shape index (κ2) is 9.07. The molecule has 1 amide bonds. The third kappa shape index (κ3) is 4.82. The summed E-state index contributed by atoms with van der Waals surface area (Å²) in [6.45, 7) is 5.16. The molecule has 146 valence electrons. The Balaban J connectivity index is 1.19. The van der Waals surface area contributed by atoms with Crippen molar-refractivity contribution in [3.05, 3.63) is 72.3 Å². The van der Waals surface area contributed by atoms with Gasteiger partial charge in [0.1, 0.15) is 0 Å². The number of carbonyl (C=O) groups excluding carboxylic acids is 1. The molecule has 0 aromatic heterocycles. The molecule has 4 nitrogen and oxygen atoms in total. The summed E-state index contributed by atoms with van der Waals surface area (Å²) in [5, 5.41) is 3.16. The number of hydrogen-bond acceptors (Lipinski definition) is 3. The van der Waals surface area contributed by atoms with Crippen LogP contribution in [0.25, 0.3) is 5.57 Å². The summed E-state index contributed by atoms with van der Waals surface area (Å²) in [4.78, 5) is 17.0. The van der Waals surface area contributed by atoms with Crippen molar-refractivity contribution >= 4 is 17.2 Å². The van der Waals surface area contributed by atoms with Crippen molar-refractivity contribution in [3.63, 3.8) is 0 Å². The van der Waals surface area contributed by atoms with Gasteiger partial charge in [0, 0.05) is 38.4 Å². The molecule has 2 aromatic carbocycles. The maximum Gasteiger partial charge on any atom is 0.234 e. The third-order valence-electron chi connectivity index (χ3n) is 5.80. The number of rotatable bonds is 6. The molecule has 2 heterocycles. The van der Waals surface area contributed by atoms with Crippen LogP contribution in [0.4, 0.5) is 5.69 Å². The Morgan fingerprint density at radius 3 is 2.46 bits per heavy atom. The largest absolute Gasteiger partial charge is 0.371 e. The number of amides is 1. The second-order valence-electron chi connectivity index (χ2n) is 7.82. The minimum Gasteiger partial charge on any atom is -0.371 e. The van der Waals surface area contributed by atoms with Gasteiger partial charge < -0.3 is 10.2 Å². The molecule has 1 fully saturated rings. The van der Waals surface area contributed by atoms with E-state index < -0.39 is 0 Å². The predicted octanol–water partition coefficient (Wildman–Crippen LogP) is 3.42. The van der Waals surface area contributed by atoms with Crippen molar-refractivity contribution in [2.24, 2.45) is 5.92 Å². The predicted molar refractivity (Wildman–Crippen MR) is 115 cm³/mol. The van der Waals surface area contributed by atoms with Crippen molar-refractivity contribution in [1.82, 2.24) is 10.2 Å². The Labute approximate surface area is 167 Å². The minimum atomic E-state index is 0.148.